The van der Waals surface area contributed by atoms with E-state index in [1.165, 1.54) is 6.07 Å². The third-order valence-electron chi connectivity index (χ3n) is 2.30. The molecular formula is C13H8Br2ClFO. The van der Waals surface area contributed by atoms with Crippen LogP contribution in [0, 0.1) is 5.82 Å². The maximum Gasteiger partial charge on any atom is 0.137 e. The van der Waals surface area contributed by atoms with E-state index in [0.29, 0.717) is 21.9 Å². The van der Waals surface area contributed by atoms with Gasteiger partial charge in [0, 0.05) is 15.1 Å². The quantitative estimate of drug-likeness (QED) is 0.660. The largest absolute Gasteiger partial charge is 0.489 e. The van der Waals surface area contributed by atoms with E-state index in [0.717, 1.165) is 10.0 Å². The van der Waals surface area contributed by atoms with Crippen molar-refractivity contribution in [1.82, 2.24) is 0 Å². The molecule has 0 bridgehead atoms. The molecule has 0 radical (unpaired) electrons. The fourth-order valence-electron chi connectivity index (χ4n) is 1.37. The van der Waals surface area contributed by atoms with Crippen LogP contribution < -0.4 is 4.74 Å². The van der Waals surface area contributed by atoms with Crippen molar-refractivity contribution < 1.29 is 9.13 Å². The summed E-state index contributed by atoms with van der Waals surface area (Å²) < 4.78 is 19.9. The summed E-state index contributed by atoms with van der Waals surface area (Å²) in [6, 6.07) is 10.1. The van der Waals surface area contributed by atoms with Gasteiger partial charge in [0.05, 0.1) is 4.47 Å². The van der Waals surface area contributed by atoms with Crippen molar-refractivity contribution in [3.05, 3.63) is 61.7 Å². The molecule has 0 spiro atoms. The van der Waals surface area contributed by atoms with Gasteiger partial charge in [0.2, 0.25) is 0 Å². The van der Waals surface area contributed by atoms with Crippen LogP contribution in [0.4, 0.5) is 4.39 Å². The van der Waals surface area contributed by atoms with E-state index in [9.17, 15) is 4.39 Å². The molecule has 0 saturated heterocycles. The molecule has 0 saturated carbocycles. The summed E-state index contributed by atoms with van der Waals surface area (Å²) >= 11 is 12.5. The molecule has 2 aromatic rings. The van der Waals surface area contributed by atoms with Crippen LogP contribution in [0.3, 0.4) is 0 Å². The summed E-state index contributed by atoms with van der Waals surface area (Å²) in [7, 11) is 0. The van der Waals surface area contributed by atoms with Crippen molar-refractivity contribution in [2.75, 3.05) is 0 Å². The van der Waals surface area contributed by atoms with Gasteiger partial charge in [-0.1, -0.05) is 33.6 Å². The molecule has 0 unspecified atom stereocenters. The van der Waals surface area contributed by atoms with Crippen molar-refractivity contribution in [2.45, 2.75) is 6.61 Å². The smallest absolute Gasteiger partial charge is 0.137 e. The van der Waals surface area contributed by atoms with Crippen molar-refractivity contribution in [3.8, 4) is 5.75 Å². The molecule has 18 heavy (non-hydrogen) atoms. The summed E-state index contributed by atoms with van der Waals surface area (Å²) in [6.45, 7) is 0.337. The molecule has 2 aromatic carbocycles. The average molecular weight is 394 g/mol. The minimum absolute atomic E-state index is 0.316. The van der Waals surface area contributed by atoms with Gasteiger partial charge in [-0.2, -0.15) is 0 Å². The zero-order chi connectivity index (χ0) is 13.1. The van der Waals surface area contributed by atoms with E-state index in [1.54, 1.807) is 18.2 Å². The first-order chi connectivity index (χ1) is 8.56. The lowest BCUT2D eigenvalue weighted by Gasteiger charge is -2.08. The Kier molecular flexibility index (Phi) is 4.65. The summed E-state index contributed by atoms with van der Waals surface area (Å²) in [5.74, 6) is 0.270. The molecule has 0 N–H and O–H groups in total. The second kappa shape index (κ2) is 6.04. The van der Waals surface area contributed by atoms with E-state index >= 15 is 0 Å². The highest BCUT2D eigenvalue weighted by Gasteiger charge is 2.04. The number of halogens is 4. The van der Waals surface area contributed by atoms with Crippen molar-refractivity contribution >= 4 is 43.5 Å². The van der Waals surface area contributed by atoms with E-state index in [4.69, 9.17) is 16.3 Å². The molecule has 1 nitrogen and oxygen atoms in total. The Morgan fingerprint density at radius 1 is 1.11 bits per heavy atom. The summed E-state index contributed by atoms with van der Waals surface area (Å²) in [4.78, 5) is 0. The standard InChI is InChI=1S/C13H8Br2ClFO/c14-9-2-1-8(12(16)5-9)7-18-10-3-4-13(17)11(15)6-10/h1-6H,7H2. The second-order valence-electron chi connectivity index (χ2n) is 3.60. The number of hydrogen-bond donors (Lipinski definition) is 0. The zero-order valence-electron chi connectivity index (χ0n) is 9.09. The Balaban J connectivity index is 2.09. The van der Waals surface area contributed by atoms with Gasteiger partial charge in [0.15, 0.2) is 0 Å². The molecule has 2 rings (SSSR count). The van der Waals surface area contributed by atoms with Gasteiger partial charge in [0.1, 0.15) is 18.2 Å². The molecule has 5 heteroatoms. The Morgan fingerprint density at radius 2 is 1.89 bits per heavy atom. The topological polar surface area (TPSA) is 9.23 Å². The predicted octanol–water partition coefficient (Wildman–Crippen LogP) is 5.58. The number of rotatable bonds is 3. The molecule has 94 valence electrons. The van der Waals surface area contributed by atoms with Gasteiger partial charge < -0.3 is 4.74 Å². The van der Waals surface area contributed by atoms with Crippen LogP contribution in [0.15, 0.2) is 45.3 Å². The lowest BCUT2D eigenvalue weighted by Crippen LogP contribution is -1.96. The average Bonchev–Trinajstić information content (AvgIpc) is 2.32. The molecule has 0 aliphatic heterocycles. The Hall–Kier alpha value is -0.580. The van der Waals surface area contributed by atoms with Crippen LogP contribution >= 0.6 is 43.5 Å². The summed E-state index contributed by atoms with van der Waals surface area (Å²) in [5.41, 5.74) is 0.875. The molecule has 0 aliphatic carbocycles. The van der Waals surface area contributed by atoms with Crippen molar-refractivity contribution in [1.29, 1.82) is 0 Å². The first-order valence-corrected chi connectivity index (χ1v) is 7.04. The van der Waals surface area contributed by atoms with E-state index in [2.05, 4.69) is 31.9 Å². The number of benzene rings is 2. The Bertz CT molecular complexity index is 575. The molecule has 0 fully saturated rings. The fraction of sp³-hybridized carbons (Fsp3) is 0.0769. The van der Waals surface area contributed by atoms with E-state index in [-0.39, 0.29) is 5.82 Å². The summed E-state index contributed by atoms with van der Waals surface area (Å²) in [6.07, 6.45) is 0. The second-order valence-corrected chi connectivity index (χ2v) is 5.78. The monoisotopic (exact) mass is 392 g/mol. The maximum absolute atomic E-state index is 13.0. The highest BCUT2D eigenvalue weighted by Crippen LogP contribution is 2.25. The van der Waals surface area contributed by atoms with Gasteiger partial charge in [0.25, 0.3) is 0 Å². The Morgan fingerprint density at radius 3 is 2.56 bits per heavy atom. The zero-order valence-corrected chi connectivity index (χ0v) is 13.0. The van der Waals surface area contributed by atoms with Crippen molar-refractivity contribution in [3.63, 3.8) is 0 Å². The van der Waals surface area contributed by atoms with Gasteiger partial charge in [-0.25, -0.2) is 4.39 Å². The minimum atomic E-state index is -0.316. The minimum Gasteiger partial charge on any atom is -0.489 e. The third-order valence-corrected chi connectivity index (χ3v) is 3.75. The Labute approximate surface area is 126 Å². The highest BCUT2D eigenvalue weighted by atomic mass is 79.9. The third kappa shape index (κ3) is 3.46. The van der Waals surface area contributed by atoms with Crippen molar-refractivity contribution in [2.24, 2.45) is 0 Å². The predicted molar refractivity (Wildman–Crippen MR) is 77.6 cm³/mol. The number of ether oxygens (including phenoxy) is 1. The van der Waals surface area contributed by atoms with Crippen LogP contribution in [-0.4, -0.2) is 0 Å². The SMILES string of the molecule is Fc1ccc(OCc2ccc(Br)cc2Cl)cc1Br. The van der Waals surface area contributed by atoms with Crippen LogP contribution in [0.25, 0.3) is 0 Å². The molecule has 0 atom stereocenters. The normalized spacial score (nSPS) is 10.4. The maximum atomic E-state index is 13.0. The van der Waals surface area contributed by atoms with Crippen LogP contribution in [0.5, 0.6) is 5.75 Å². The van der Waals surface area contributed by atoms with Gasteiger partial charge >= 0.3 is 0 Å². The van der Waals surface area contributed by atoms with E-state index in [1.807, 2.05) is 12.1 Å². The molecule has 0 aliphatic rings. The van der Waals surface area contributed by atoms with Crippen LogP contribution in [-0.2, 0) is 6.61 Å². The van der Waals surface area contributed by atoms with E-state index < -0.39 is 0 Å². The lowest BCUT2D eigenvalue weighted by atomic mass is 10.2. The first kappa shape index (κ1) is 13.8. The molecule has 0 heterocycles. The first-order valence-electron chi connectivity index (χ1n) is 5.08. The number of hydrogen-bond acceptors (Lipinski definition) is 1. The van der Waals surface area contributed by atoms with Gasteiger partial charge in [-0.15, -0.1) is 0 Å². The van der Waals surface area contributed by atoms with Crippen LogP contribution in [0.1, 0.15) is 5.56 Å². The highest BCUT2D eigenvalue weighted by molar-refractivity contribution is 9.10. The molecule has 0 amide bonds. The van der Waals surface area contributed by atoms with Gasteiger partial charge in [-0.05, 0) is 46.3 Å². The summed E-state index contributed by atoms with van der Waals surface area (Å²) in [5, 5.41) is 0.630. The fourth-order valence-corrected chi connectivity index (χ4v) is 2.45. The lowest BCUT2D eigenvalue weighted by molar-refractivity contribution is 0.305. The van der Waals surface area contributed by atoms with Crippen LogP contribution in [0.2, 0.25) is 5.02 Å². The molecular weight excluding hydrogens is 386 g/mol. The van der Waals surface area contributed by atoms with Gasteiger partial charge in [-0.3, -0.25) is 0 Å². The molecule has 0 aromatic heterocycles.